The predicted molar refractivity (Wildman–Crippen MR) is 113 cm³/mol. The molecule has 0 unspecified atom stereocenters. The zero-order chi connectivity index (χ0) is 21.2. The van der Waals surface area contributed by atoms with Gasteiger partial charge in [0, 0.05) is 29.7 Å². The molecule has 0 fully saturated rings. The first-order valence-electron chi connectivity index (χ1n) is 9.98. The van der Waals surface area contributed by atoms with Crippen LogP contribution < -0.4 is 10.1 Å². The highest BCUT2D eigenvalue weighted by Gasteiger charge is 2.09. The molecule has 0 bridgehead atoms. The summed E-state index contributed by atoms with van der Waals surface area (Å²) in [6, 6.07) is 18.5. The summed E-state index contributed by atoms with van der Waals surface area (Å²) >= 11 is 0. The molecule has 0 saturated heterocycles. The van der Waals surface area contributed by atoms with Crippen molar-refractivity contribution in [3.63, 3.8) is 0 Å². The van der Waals surface area contributed by atoms with E-state index in [1.54, 1.807) is 18.4 Å². The lowest BCUT2D eigenvalue weighted by Crippen LogP contribution is -2.23. The molecule has 0 radical (unpaired) electrons. The fourth-order valence-electron chi connectivity index (χ4n) is 3.03. The number of hydrogen-bond donors (Lipinski definition) is 2. The highest BCUT2D eigenvalue weighted by Crippen LogP contribution is 2.21. The van der Waals surface area contributed by atoms with Crippen LogP contribution in [0.5, 0.6) is 5.75 Å². The molecule has 0 atom stereocenters. The van der Waals surface area contributed by atoms with E-state index < -0.39 is 5.97 Å². The Morgan fingerprint density at radius 3 is 2.47 bits per heavy atom. The van der Waals surface area contributed by atoms with Crippen LogP contribution in [0.15, 0.2) is 71.3 Å². The van der Waals surface area contributed by atoms with Crippen molar-refractivity contribution in [2.24, 2.45) is 0 Å². The number of ether oxygens (including phenoxy) is 1. The van der Waals surface area contributed by atoms with Gasteiger partial charge in [0.1, 0.15) is 11.5 Å². The normalized spacial score (nSPS) is 10.5. The third-order valence-electron chi connectivity index (χ3n) is 4.66. The van der Waals surface area contributed by atoms with Gasteiger partial charge in [-0.25, -0.2) is 0 Å². The molecule has 3 aromatic rings. The van der Waals surface area contributed by atoms with Gasteiger partial charge in [-0.1, -0.05) is 30.3 Å². The van der Waals surface area contributed by atoms with E-state index in [2.05, 4.69) is 5.32 Å². The van der Waals surface area contributed by atoms with E-state index in [0.717, 1.165) is 35.5 Å². The molecular weight excluding hydrogens is 382 g/mol. The first kappa shape index (κ1) is 21.2. The number of carboxylic acids is 1. The second-order valence-corrected chi connectivity index (χ2v) is 6.90. The van der Waals surface area contributed by atoms with E-state index in [0.29, 0.717) is 25.1 Å². The second kappa shape index (κ2) is 10.9. The van der Waals surface area contributed by atoms with Crippen LogP contribution in [-0.4, -0.2) is 23.6 Å². The van der Waals surface area contributed by atoms with Gasteiger partial charge in [-0.15, -0.1) is 0 Å². The minimum Gasteiger partial charge on any atom is -0.493 e. The fraction of sp³-hybridized carbons (Fsp3) is 0.250. The lowest BCUT2D eigenvalue weighted by atomic mass is 10.1. The molecule has 0 aliphatic heterocycles. The van der Waals surface area contributed by atoms with Crippen LogP contribution in [0.3, 0.4) is 0 Å². The average molecular weight is 407 g/mol. The van der Waals surface area contributed by atoms with Crippen molar-refractivity contribution in [2.75, 3.05) is 6.61 Å². The maximum Gasteiger partial charge on any atom is 0.303 e. The van der Waals surface area contributed by atoms with Gasteiger partial charge >= 0.3 is 5.97 Å². The molecular formula is C24H25NO5. The monoisotopic (exact) mass is 407 g/mol. The number of hydrogen-bond acceptors (Lipinski definition) is 4. The Kier molecular flexibility index (Phi) is 7.66. The molecule has 30 heavy (non-hydrogen) atoms. The van der Waals surface area contributed by atoms with Crippen molar-refractivity contribution in [3.05, 3.63) is 78.1 Å². The number of rotatable bonds is 11. The first-order chi connectivity index (χ1) is 14.6. The maximum atomic E-state index is 12.5. The Labute approximate surface area is 175 Å². The Morgan fingerprint density at radius 2 is 1.73 bits per heavy atom. The number of carbonyl (C=O) groups is 2. The molecule has 1 aromatic heterocycles. The molecule has 6 nitrogen and oxygen atoms in total. The standard InChI is InChI=1S/C24H25NO5/c26-23(27)10-2-1-5-15-29-22-8-4-3-7-20(22)17-25-24(28)19-13-11-18(12-14-19)21-9-6-16-30-21/h3-4,6-9,11-14,16H,1-2,5,10,15,17H2,(H,25,28)(H,26,27). The van der Waals surface area contributed by atoms with Gasteiger partial charge in [-0.05, 0) is 49.6 Å². The van der Waals surface area contributed by atoms with E-state index in [1.165, 1.54) is 0 Å². The van der Waals surface area contributed by atoms with Gasteiger partial charge in [-0.2, -0.15) is 0 Å². The van der Waals surface area contributed by atoms with Crippen LogP contribution in [-0.2, 0) is 11.3 Å². The van der Waals surface area contributed by atoms with Crippen molar-refractivity contribution in [3.8, 4) is 17.1 Å². The van der Waals surface area contributed by atoms with E-state index in [1.807, 2.05) is 48.5 Å². The zero-order valence-electron chi connectivity index (χ0n) is 16.7. The molecule has 156 valence electrons. The Bertz CT molecular complexity index is 948. The number of para-hydroxylation sites is 1. The van der Waals surface area contributed by atoms with Gasteiger partial charge in [-0.3, -0.25) is 9.59 Å². The predicted octanol–water partition coefficient (Wildman–Crippen LogP) is 4.90. The van der Waals surface area contributed by atoms with Crippen molar-refractivity contribution >= 4 is 11.9 Å². The molecule has 2 N–H and O–H groups in total. The lowest BCUT2D eigenvalue weighted by Gasteiger charge is -2.12. The molecule has 6 heteroatoms. The van der Waals surface area contributed by atoms with Crippen LogP contribution in [0.2, 0.25) is 0 Å². The number of unbranched alkanes of at least 4 members (excludes halogenated alkanes) is 2. The van der Waals surface area contributed by atoms with E-state index in [4.69, 9.17) is 14.3 Å². The molecule has 0 spiro atoms. The summed E-state index contributed by atoms with van der Waals surface area (Å²) in [7, 11) is 0. The Hall–Kier alpha value is -3.54. The van der Waals surface area contributed by atoms with Crippen molar-refractivity contribution < 1.29 is 23.8 Å². The topological polar surface area (TPSA) is 88.8 Å². The number of nitrogens with one attached hydrogen (secondary N) is 1. The number of carbonyl (C=O) groups excluding carboxylic acids is 1. The minimum absolute atomic E-state index is 0.163. The zero-order valence-corrected chi connectivity index (χ0v) is 16.7. The van der Waals surface area contributed by atoms with E-state index in [-0.39, 0.29) is 12.3 Å². The summed E-state index contributed by atoms with van der Waals surface area (Å²) in [5, 5.41) is 11.6. The molecule has 3 rings (SSSR count). The summed E-state index contributed by atoms with van der Waals surface area (Å²) in [6.45, 7) is 0.868. The number of amides is 1. The second-order valence-electron chi connectivity index (χ2n) is 6.90. The molecule has 0 saturated carbocycles. The summed E-state index contributed by atoms with van der Waals surface area (Å²) in [4.78, 5) is 23.0. The Balaban J connectivity index is 1.49. The van der Waals surface area contributed by atoms with E-state index >= 15 is 0 Å². The summed E-state index contributed by atoms with van der Waals surface area (Å²) in [5.74, 6) is 0.553. The third-order valence-corrected chi connectivity index (χ3v) is 4.66. The summed E-state index contributed by atoms with van der Waals surface area (Å²) < 4.78 is 11.2. The van der Waals surface area contributed by atoms with Crippen molar-refractivity contribution in [1.29, 1.82) is 0 Å². The molecule has 0 aliphatic carbocycles. The molecule has 1 heterocycles. The lowest BCUT2D eigenvalue weighted by molar-refractivity contribution is -0.137. The SMILES string of the molecule is O=C(O)CCCCCOc1ccccc1CNC(=O)c1ccc(-c2ccco2)cc1. The van der Waals surface area contributed by atoms with E-state index in [9.17, 15) is 9.59 Å². The first-order valence-corrected chi connectivity index (χ1v) is 9.98. The largest absolute Gasteiger partial charge is 0.493 e. The van der Waals surface area contributed by atoms with Gasteiger partial charge in [0.15, 0.2) is 0 Å². The average Bonchev–Trinajstić information content (AvgIpc) is 3.30. The number of benzene rings is 2. The van der Waals surface area contributed by atoms with Gasteiger partial charge in [0.05, 0.1) is 12.9 Å². The third kappa shape index (κ3) is 6.24. The van der Waals surface area contributed by atoms with Crippen LogP contribution in [0.1, 0.15) is 41.6 Å². The highest BCUT2D eigenvalue weighted by atomic mass is 16.5. The number of carboxylic acid groups (broad SMARTS) is 1. The quantitative estimate of drug-likeness (QED) is 0.441. The molecule has 1 amide bonds. The highest BCUT2D eigenvalue weighted by molar-refractivity contribution is 5.94. The maximum absolute atomic E-state index is 12.5. The van der Waals surface area contributed by atoms with Crippen molar-refractivity contribution in [2.45, 2.75) is 32.2 Å². The van der Waals surface area contributed by atoms with Gasteiger partial charge in [0.25, 0.3) is 5.91 Å². The smallest absolute Gasteiger partial charge is 0.303 e. The van der Waals surface area contributed by atoms with Crippen LogP contribution in [0.25, 0.3) is 11.3 Å². The van der Waals surface area contributed by atoms with Crippen LogP contribution in [0, 0.1) is 0 Å². The summed E-state index contributed by atoms with van der Waals surface area (Å²) in [6.07, 6.45) is 4.04. The number of furan rings is 1. The fourth-order valence-corrected chi connectivity index (χ4v) is 3.03. The minimum atomic E-state index is -0.771. The van der Waals surface area contributed by atoms with Crippen LogP contribution >= 0.6 is 0 Å². The number of aliphatic carboxylic acids is 1. The van der Waals surface area contributed by atoms with Crippen molar-refractivity contribution in [1.82, 2.24) is 5.32 Å². The van der Waals surface area contributed by atoms with Gasteiger partial charge < -0.3 is 19.6 Å². The summed E-state index contributed by atoms with van der Waals surface area (Å²) in [5.41, 5.74) is 2.38. The molecule has 0 aliphatic rings. The van der Waals surface area contributed by atoms with Gasteiger partial charge in [0.2, 0.25) is 0 Å². The van der Waals surface area contributed by atoms with Crippen LogP contribution in [0.4, 0.5) is 0 Å². The Morgan fingerprint density at radius 1 is 0.933 bits per heavy atom. The molecule has 2 aromatic carbocycles.